The van der Waals surface area contributed by atoms with Crippen LogP contribution >= 0.6 is 0 Å². The molecule has 5 heteroatoms. The molecule has 0 aliphatic rings. The van der Waals surface area contributed by atoms with Gasteiger partial charge in [0.1, 0.15) is 6.04 Å². The summed E-state index contributed by atoms with van der Waals surface area (Å²) < 4.78 is 69.1. The van der Waals surface area contributed by atoms with Crippen LogP contribution in [0.1, 0.15) is 44.5 Å². The van der Waals surface area contributed by atoms with Crippen molar-refractivity contribution in [2.75, 3.05) is 0 Å². The smallest absolute Gasteiger partial charge is 0.239 e. The van der Waals surface area contributed by atoms with Gasteiger partial charge in [-0.05, 0) is 11.0 Å². The molecule has 0 fully saturated rings. The molecule has 2 atom stereocenters. The van der Waals surface area contributed by atoms with Gasteiger partial charge in [0.25, 0.3) is 0 Å². The van der Waals surface area contributed by atoms with Crippen molar-refractivity contribution in [1.82, 2.24) is 5.32 Å². The van der Waals surface area contributed by atoms with Gasteiger partial charge in [-0.3, -0.25) is 14.9 Å². The molecule has 0 saturated heterocycles. The van der Waals surface area contributed by atoms with Gasteiger partial charge in [-0.25, -0.2) is 0 Å². The molecular weight excluding hydrogens is 242 g/mol. The number of hydrogen-bond donors (Lipinski definition) is 3. The average Bonchev–Trinajstić information content (AvgIpc) is 2.47. The summed E-state index contributed by atoms with van der Waals surface area (Å²) in [6, 6.07) is 3.41. The number of carbonyl (C=O) groups excluding carboxylic acids is 2. The first-order chi connectivity index (χ1) is 12.5. The number of hydrogen-bond acceptors (Lipinski definition) is 3. The summed E-state index contributed by atoms with van der Waals surface area (Å²) in [5.41, 5.74) is 7.12. The fourth-order valence-corrected chi connectivity index (χ4v) is 1.58. The second kappa shape index (κ2) is 5.84. The minimum atomic E-state index is -3.69. The summed E-state index contributed by atoms with van der Waals surface area (Å²) in [6.45, 7) is -11.1. The third-order valence-electron chi connectivity index (χ3n) is 2.47. The van der Waals surface area contributed by atoms with E-state index in [1.54, 1.807) is 6.07 Å². The Kier molecular flexibility index (Phi) is 2.00. The van der Waals surface area contributed by atoms with Crippen LogP contribution in [0.4, 0.5) is 0 Å². The fraction of sp³-hybridized carbons (Fsp3) is 0.429. The molecule has 0 heterocycles. The van der Waals surface area contributed by atoms with Crippen LogP contribution in [-0.4, -0.2) is 17.9 Å². The number of rotatable bonds is 5. The zero-order valence-corrected chi connectivity index (χ0v) is 10.0. The molecule has 5 nitrogen and oxygen atoms in total. The number of amides is 2. The highest BCUT2D eigenvalue weighted by molar-refractivity contribution is 5.84. The number of carbonyl (C=O) groups is 2. The Morgan fingerprint density at radius 2 is 1.74 bits per heavy atom. The van der Waals surface area contributed by atoms with Crippen LogP contribution in [-0.2, 0) is 9.59 Å². The standard InChI is InChI=1S/C14H21N3O2/c1-14(2,3)11(13(16)19)17-10(12(15)18)9-7-5-4-6-8-9/h4-8,10-11,17H,1-3H3,(H2,15,18)(H2,16,19)/t10-,11-/m1/s1/i1D3,2D3,3D3. The summed E-state index contributed by atoms with van der Waals surface area (Å²) in [7, 11) is 0. The van der Waals surface area contributed by atoms with Gasteiger partial charge in [-0.1, -0.05) is 50.9 Å². The Hall–Kier alpha value is -1.88. The topological polar surface area (TPSA) is 98.2 Å². The predicted octanol–water partition coefficient (Wildman–Crippen LogP) is 0.703. The van der Waals surface area contributed by atoms with Gasteiger partial charge < -0.3 is 11.5 Å². The lowest BCUT2D eigenvalue weighted by atomic mass is 9.85. The second-order valence-electron chi connectivity index (χ2n) is 4.06. The minimum Gasteiger partial charge on any atom is -0.368 e. The van der Waals surface area contributed by atoms with Crippen molar-refractivity contribution >= 4 is 11.8 Å². The third-order valence-corrected chi connectivity index (χ3v) is 2.47. The van der Waals surface area contributed by atoms with E-state index in [-0.39, 0.29) is 5.56 Å². The Balaban J connectivity index is 3.75. The number of benzene rings is 1. The Labute approximate surface area is 126 Å². The Morgan fingerprint density at radius 3 is 2.16 bits per heavy atom. The molecule has 104 valence electrons. The van der Waals surface area contributed by atoms with Crippen molar-refractivity contribution < 1.29 is 21.9 Å². The van der Waals surface area contributed by atoms with E-state index in [2.05, 4.69) is 5.32 Å². The van der Waals surface area contributed by atoms with Crippen LogP contribution < -0.4 is 16.8 Å². The molecule has 0 saturated carbocycles. The summed E-state index contributed by atoms with van der Waals surface area (Å²) >= 11 is 0. The quantitative estimate of drug-likeness (QED) is 0.736. The summed E-state index contributed by atoms with van der Waals surface area (Å²) in [5, 5.41) is 2.20. The average molecular weight is 272 g/mol. The lowest BCUT2D eigenvalue weighted by Gasteiger charge is -2.31. The lowest BCUT2D eigenvalue weighted by Crippen LogP contribution is -2.53. The first-order valence-electron chi connectivity index (χ1n) is 9.88. The zero-order chi connectivity index (χ0) is 22.1. The molecule has 5 N–H and O–H groups in total. The fourth-order valence-electron chi connectivity index (χ4n) is 1.58. The summed E-state index contributed by atoms with van der Waals surface area (Å²) in [5.74, 6) is -2.65. The highest BCUT2D eigenvalue weighted by atomic mass is 16.2. The minimum absolute atomic E-state index is 0.164. The molecule has 2 amide bonds. The van der Waals surface area contributed by atoms with Crippen molar-refractivity contribution in [3.63, 3.8) is 0 Å². The first kappa shape index (κ1) is 6.52. The maximum absolute atomic E-state index is 12.1. The molecule has 0 spiro atoms. The normalized spacial score (nSPS) is 23.7. The highest BCUT2D eigenvalue weighted by Gasteiger charge is 2.33. The lowest BCUT2D eigenvalue weighted by molar-refractivity contribution is -0.124. The maximum Gasteiger partial charge on any atom is 0.239 e. The molecule has 1 aromatic rings. The van der Waals surface area contributed by atoms with E-state index in [4.69, 9.17) is 23.8 Å². The van der Waals surface area contributed by atoms with Gasteiger partial charge in [0.15, 0.2) is 0 Å². The van der Waals surface area contributed by atoms with E-state index in [0.29, 0.717) is 0 Å². The summed E-state index contributed by atoms with van der Waals surface area (Å²) in [6.07, 6.45) is 0. The van der Waals surface area contributed by atoms with Gasteiger partial charge in [0.05, 0.1) is 6.04 Å². The van der Waals surface area contributed by atoms with Gasteiger partial charge in [0.2, 0.25) is 11.8 Å². The molecule has 1 aromatic carbocycles. The van der Waals surface area contributed by atoms with Crippen LogP contribution in [0, 0.1) is 5.41 Å². The molecule has 0 aliphatic carbocycles. The van der Waals surface area contributed by atoms with Crippen LogP contribution in [0.15, 0.2) is 30.3 Å². The van der Waals surface area contributed by atoms with E-state index >= 15 is 0 Å². The molecule has 0 unspecified atom stereocenters. The Morgan fingerprint density at radius 1 is 1.16 bits per heavy atom. The molecule has 19 heavy (non-hydrogen) atoms. The van der Waals surface area contributed by atoms with Gasteiger partial charge in [-0.15, -0.1) is 0 Å². The van der Waals surface area contributed by atoms with Crippen LogP contribution in [0.5, 0.6) is 0 Å². The number of nitrogens with one attached hydrogen (secondary N) is 1. The van der Waals surface area contributed by atoms with Crippen molar-refractivity contribution in [3.05, 3.63) is 35.9 Å². The highest BCUT2D eigenvalue weighted by Crippen LogP contribution is 2.22. The monoisotopic (exact) mass is 272 g/mol. The predicted molar refractivity (Wildman–Crippen MR) is 74.0 cm³/mol. The van der Waals surface area contributed by atoms with Crippen LogP contribution in [0.3, 0.4) is 0 Å². The van der Waals surface area contributed by atoms with E-state index in [1.165, 1.54) is 24.3 Å². The van der Waals surface area contributed by atoms with Gasteiger partial charge in [0, 0.05) is 12.3 Å². The zero-order valence-electron chi connectivity index (χ0n) is 19.0. The van der Waals surface area contributed by atoms with Crippen molar-refractivity contribution in [3.8, 4) is 0 Å². The molecular formula is C14H21N3O2. The van der Waals surface area contributed by atoms with Crippen LogP contribution in [0.25, 0.3) is 0 Å². The first-order valence-corrected chi connectivity index (χ1v) is 5.38. The summed E-state index contributed by atoms with van der Waals surface area (Å²) in [4.78, 5) is 24.1. The number of primary amides is 2. The third kappa shape index (κ3) is 4.06. The van der Waals surface area contributed by atoms with E-state index in [9.17, 15) is 9.59 Å². The Bertz CT molecular complexity index is 677. The van der Waals surface area contributed by atoms with Crippen molar-refractivity contribution in [1.29, 1.82) is 0 Å². The molecule has 0 aliphatic heterocycles. The largest absolute Gasteiger partial charge is 0.368 e. The SMILES string of the molecule is [2H]C([2H])([2H])C([C@H](N[C@@H](C(N)=O)c1ccccc1)C(N)=O)(C([2H])([2H])[2H])C([2H])([2H])[2H]. The van der Waals surface area contributed by atoms with E-state index in [1.807, 2.05) is 0 Å². The van der Waals surface area contributed by atoms with Gasteiger partial charge in [-0.2, -0.15) is 0 Å². The van der Waals surface area contributed by atoms with Crippen molar-refractivity contribution in [2.24, 2.45) is 16.9 Å². The number of nitrogens with two attached hydrogens (primary N) is 2. The van der Waals surface area contributed by atoms with Crippen LogP contribution in [0.2, 0.25) is 0 Å². The molecule has 0 radical (unpaired) electrons. The maximum atomic E-state index is 12.1. The van der Waals surface area contributed by atoms with E-state index < -0.39 is 49.9 Å². The molecule has 1 rings (SSSR count). The van der Waals surface area contributed by atoms with Crippen molar-refractivity contribution in [2.45, 2.75) is 32.6 Å². The molecule has 0 bridgehead atoms. The second-order valence-corrected chi connectivity index (χ2v) is 4.06. The van der Waals surface area contributed by atoms with E-state index in [0.717, 1.165) is 0 Å². The van der Waals surface area contributed by atoms with Gasteiger partial charge >= 0.3 is 0 Å². The molecule has 0 aromatic heterocycles.